The Morgan fingerprint density at radius 1 is 1.12 bits per heavy atom. The number of thioether (sulfide) groups is 1. The van der Waals surface area contributed by atoms with E-state index in [1.165, 1.54) is 18.2 Å². The topological polar surface area (TPSA) is 97.3 Å². The SMILES string of the molecule is COc1cccc(COC(=O)c2cccc(NC(=O)CC3SC(N4CCCCC4)=NC3=O)c2)c1. The Labute approximate surface area is 202 Å². The smallest absolute Gasteiger partial charge is 0.338 e. The Balaban J connectivity index is 1.29. The fraction of sp³-hybridized carbons (Fsp3) is 0.360. The highest BCUT2D eigenvalue weighted by Gasteiger charge is 2.33. The van der Waals surface area contributed by atoms with Gasteiger partial charge in [-0.25, -0.2) is 4.79 Å². The molecule has 1 saturated heterocycles. The van der Waals surface area contributed by atoms with Gasteiger partial charge in [0.15, 0.2) is 5.17 Å². The van der Waals surface area contributed by atoms with Crippen LogP contribution in [0.5, 0.6) is 5.75 Å². The average molecular weight is 482 g/mol. The van der Waals surface area contributed by atoms with Gasteiger partial charge < -0.3 is 19.7 Å². The minimum atomic E-state index is -0.520. The third-order valence-corrected chi connectivity index (χ3v) is 6.83. The van der Waals surface area contributed by atoms with Gasteiger partial charge in [-0.15, -0.1) is 0 Å². The first kappa shape index (κ1) is 23.8. The van der Waals surface area contributed by atoms with Crippen LogP contribution in [0.4, 0.5) is 5.69 Å². The van der Waals surface area contributed by atoms with Crippen molar-refractivity contribution in [2.45, 2.75) is 37.5 Å². The maximum atomic E-state index is 12.6. The number of rotatable bonds is 7. The molecule has 2 aliphatic heterocycles. The number of anilines is 1. The van der Waals surface area contributed by atoms with Crippen molar-refractivity contribution in [2.75, 3.05) is 25.5 Å². The van der Waals surface area contributed by atoms with Gasteiger partial charge >= 0.3 is 5.97 Å². The molecule has 0 aromatic heterocycles. The summed E-state index contributed by atoms with van der Waals surface area (Å²) in [7, 11) is 1.58. The van der Waals surface area contributed by atoms with Crippen LogP contribution in [0.3, 0.4) is 0 Å². The summed E-state index contributed by atoms with van der Waals surface area (Å²) in [6, 6.07) is 13.8. The number of piperidine rings is 1. The lowest BCUT2D eigenvalue weighted by molar-refractivity contribution is -0.121. The standard InChI is InChI=1S/C25H27N3O5S/c1-32-20-10-5-7-17(13-20)16-33-24(31)18-8-6-9-19(14-18)26-22(29)15-21-23(30)27-25(34-21)28-11-3-2-4-12-28/h5-10,13-14,21H,2-4,11-12,15-16H2,1H3,(H,26,29). The monoisotopic (exact) mass is 481 g/mol. The van der Waals surface area contributed by atoms with Gasteiger partial charge in [-0.2, -0.15) is 4.99 Å². The number of likely N-dealkylation sites (tertiary alicyclic amines) is 1. The van der Waals surface area contributed by atoms with E-state index < -0.39 is 11.2 Å². The molecule has 1 atom stereocenters. The summed E-state index contributed by atoms with van der Waals surface area (Å²) in [5, 5.41) is 2.98. The quantitative estimate of drug-likeness (QED) is 0.600. The molecule has 34 heavy (non-hydrogen) atoms. The predicted molar refractivity (Wildman–Crippen MR) is 131 cm³/mol. The molecule has 0 radical (unpaired) electrons. The van der Waals surface area contributed by atoms with Crippen LogP contribution in [0.1, 0.15) is 41.6 Å². The molecule has 2 heterocycles. The van der Waals surface area contributed by atoms with Gasteiger partial charge in [0.1, 0.15) is 17.6 Å². The Morgan fingerprint density at radius 3 is 2.71 bits per heavy atom. The lowest BCUT2D eigenvalue weighted by Crippen LogP contribution is -2.33. The number of esters is 1. The predicted octanol–water partition coefficient (Wildman–Crippen LogP) is 3.86. The zero-order valence-electron chi connectivity index (χ0n) is 19.0. The van der Waals surface area contributed by atoms with Gasteiger partial charge in [-0.1, -0.05) is 30.0 Å². The van der Waals surface area contributed by atoms with Gasteiger partial charge in [0.05, 0.1) is 12.7 Å². The zero-order chi connectivity index (χ0) is 23.9. The molecule has 9 heteroatoms. The average Bonchev–Trinajstić information content (AvgIpc) is 3.23. The summed E-state index contributed by atoms with van der Waals surface area (Å²) >= 11 is 1.36. The molecule has 178 valence electrons. The van der Waals surface area contributed by atoms with Crippen molar-refractivity contribution in [3.63, 3.8) is 0 Å². The Hall–Kier alpha value is -3.33. The molecule has 8 nitrogen and oxygen atoms in total. The summed E-state index contributed by atoms with van der Waals surface area (Å²) in [6.07, 6.45) is 3.41. The third-order valence-electron chi connectivity index (χ3n) is 5.61. The summed E-state index contributed by atoms with van der Waals surface area (Å²) < 4.78 is 10.6. The number of carbonyl (C=O) groups is 3. The van der Waals surface area contributed by atoms with Gasteiger partial charge in [-0.3, -0.25) is 9.59 Å². The van der Waals surface area contributed by atoms with Gasteiger partial charge in [0.2, 0.25) is 5.91 Å². The highest BCUT2D eigenvalue weighted by atomic mass is 32.2. The molecule has 1 unspecified atom stereocenters. The number of nitrogens with zero attached hydrogens (tertiary/aromatic N) is 2. The second-order valence-corrected chi connectivity index (χ2v) is 9.32. The van der Waals surface area contributed by atoms with Gasteiger partial charge in [0.25, 0.3) is 5.91 Å². The first-order valence-corrected chi connectivity index (χ1v) is 12.1. The first-order valence-electron chi connectivity index (χ1n) is 11.3. The van der Waals surface area contributed by atoms with Crippen molar-refractivity contribution < 1.29 is 23.9 Å². The number of amides is 2. The molecule has 1 fully saturated rings. The summed E-state index contributed by atoms with van der Waals surface area (Å²) in [6.45, 7) is 1.91. The van der Waals surface area contributed by atoms with Crippen molar-refractivity contribution in [1.29, 1.82) is 0 Å². The maximum absolute atomic E-state index is 12.6. The summed E-state index contributed by atoms with van der Waals surface area (Å²) in [5.74, 6) is -0.385. The van der Waals surface area contributed by atoms with Crippen LogP contribution in [0.25, 0.3) is 0 Å². The molecular formula is C25H27N3O5S. The van der Waals surface area contributed by atoms with Crippen molar-refractivity contribution in [1.82, 2.24) is 4.90 Å². The van der Waals surface area contributed by atoms with E-state index in [9.17, 15) is 14.4 Å². The maximum Gasteiger partial charge on any atom is 0.338 e. The van der Waals surface area contributed by atoms with E-state index in [0.717, 1.165) is 36.7 Å². The van der Waals surface area contributed by atoms with Crippen LogP contribution >= 0.6 is 11.8 Å². The number of hydrogen-bond donors (Lipinski definition) is 1. The Kier molecular flexibility index (Phi) is 7.84. The molecule has 0 saturated carbocycles. The van der Waals surface area contributed by atoms with Crippen molar-refractivity contribution in [3.05, 3.63) is 59.7 Å². The fourth-order valence-electron chi connectivity index (χ4n) is 3.83. The molecule has 2 aliphatic rings. The van der Waals surface area contributed by atoms with Gasteiger partial charge in [0, 0.05) is 25.2 Å². The van der Waals surface area contributed by atoms with E-state index in [0.29, 0.717) is 17.0 Å². The summed E-state index contributed by atoms with van der Waals surface area (Å²) in [4.78, 5) is 43.7. The second kappa shape index (κ2) is 11.2. The lowest BCUT2D eigenvalue weighted by atomic mass is 10.1. The van der Waals surface area contributed by atoms with Crippen LogP contribution in [0.15, 0.2) is 53.5 Å². The van der Waals surface area contributed by atoms with E-state index in [2.05, 4.69) is 15.2 Å². The number of amidine groups is 1. The van der Waals surface area contributed by atoms with E-state index >= 15 is 0 Å². The number of aliphatic imine (C=N–C) groups is 1. The summed E-state index contributed by atoms with van der Waals surface area (Å²) in [5.41, 5.74) is 1.60. The first-order chi connectivity index (χ1) is 16.5. The number of benzene rings is 2. The fourth-order valence-corrected chi connectivity index (χ4v) is 4.95. The second-order valence-electron chi connectivity index (χ2n) is 8.15. The molecular weight excluding hydrogens is 454 g/mol. The van der Waals surface area contributed by atoms with Crippen molar-refractivity contribution in [3.8, 4) is 5.75 Å². The minimum absolute atomic E-state index is 0.0227. The molecule has 0 bridgehead atoms. The number of carbonyl (C=O) groups excluding carboxylic acids is 3. The van der Waals surface area contributed by atoms with E-state index in [4.69, 9.17) is 9.47 Å². The van der Waals surface area contributed by atoms with E-state index in [-0.39, 0.29) is 24.8 Å². The van der Waals surface area contributed by atoms with Crippen molar-refractivity contribution in [2.24, 2.45) is 4.99 Å². The number of ether oxygens (including phenoxy) is 2. The lowest BCUT2D eigenvalue weighted by Gasteiger charge is -2.27. The Bertz CT molecular complexity index is 1100. The molecule has 2 amide bonds. The Morgan fingerprint density at radius 2 is 1.91 bits per heavy atom. The van der Waals surface area contributed by atoms with E-state index in [1.54, 1.807) is 37.4 Å². The minimum Gasteiger partial charge on any atom is -0.497 e. The molecule has 0 aliphatic carbocycles. The number of nitrogens with one attached hydrogen (secondary N) is 1. The van der Waals surface area contributed by atoms with Crippen LogP contribution < -0.4 is 10.1 Å². The van der Waals surface area contributed by atoms with Gasteiger partial charge in [-0.05, 0) is 55.2 Å². The highest BCUT2D eigenvalue weighted by Crippen LogP contribution is 2.29. The van der Waals surface area contributed by atoms with E-state index in [1.807, 2.05) is 18.2 Å². The molecule has 1 N–H and O–H groups in total. The zero-order valence-corrected chi connectivity index (χ0v) is 19.8. The number of hydrogen-bond acceptors (Lipinski definition) is 7. The van der Waals surface area contributed by atoms with Crippen LogP contribution in [0, 0.1) is 0 Å². The number of methoxy groups -OCH3 is 1. The van der Waals surface area contributed by atoms with Crippen LogP contribution in [0.2, 0.25) is 0 Å². The largest absolute Gasteiger partial charge is 0.497 e. The normalized spacial score (nSPS) is 17.8. The third kappa shape index (κ3) is 6.17. The molecule has 4 rings (SSSR count). The molecule has 0 spiro atoms. The van der Waals surface area contributed by atoms with Crippen LogP contribution in [-0.4, -0.2) is 53.3 Å². The molecule has 2 aromatic rings. The molecule has 2 aromatic carbocycles. The van der Waals surface area contributed by atoms with Crippen LogP contribution in [-0.2, 0) is 20.9 Å². The highest BCUT2D eigenvalue weighted by molar-refractivity contribution is 8.15. The van der Waals surface area contributed by atoms with Crippen molar-refractivity contribution >= 4 is 40.4 Å².